The van der Waals surface area contributed by atoms with Gasteiger partial charge in [0.1, 0.15) is 0 Å². The molecule has 1 aromatic heterocycles. The number of hydrogen-bond acceptors (Lipinski definition) is 1. The fourth-order valence-electron chi connectivity index (χ4n) is 0.760. The van der Waals surface area contributed by atoms with Gasteiger partial charge < -0.3 is 4.57 Å². The summed E-state index contributed by atoms with van der Waals surface area (Å²) in [5, 5.41) is 0. The van der Waals surface area contributed by atoms with Crippen LogP contribution >= 0.6 is 6.60 Å². The van der Waals surface area contributed by atoms with Crippen molar-refractivity contribution in [3.05, 3.63) is 18.7 Å². The van der Waals surface area contributed by atoms with Crippen molar-refractivity contribution < 1.29 is 0 Å². The monoisotopic (exact) mass is 242 g/mol. The van der Waals surface area contributed by atoms with Gasteiger partial charge in [-0.2, -0.15) is 0 Å². The second-order valence-electron chi connectivity index (χ2n) is 2.15. The summed E-state index contributed by atoms with van der Waals surface area (Å²) in [6.07, 6.45) is 8.16. The van der Waals surface area contributed by atoms with Gasteiger partial charge in [0.15, 0.2) is 0 Å². The van der Waals surface area contributed by atoms with E-state index < -0.39 is 0 Å². The molecule has 1 heterocycles. The van der Waals surface area contributed by atoms with E-state index in [4.69, 9.17) is 0 Å². The van der Waals surface area contributed by atoms with Gasteiger partial charge in [-0.3, -0.25) is 0 Å². The van der Waals surface area contributed by atoms with E-state index in [9.17, 15) is 0 Å². The van der Waals surface area contributed by atoms with E-state index in [1.54, 1.807) is 0 Å². The molecule has 0 saturated carbocycles. The molecule has 0 aromatic carbocycles. The second-order valence-corrected chi connectivity index (χ2v) is 2.15. The summed E-state index contributed by atoms with van der Waals surface area (Å²) in [7, 11) is 0. The summed E-state index contributed by atoms with van der Waals surface area (Å²) in [5.74, 6) is 0. The van der Waals surface area contributed by atoms with E-state index in [1.165, 1.54) is 12.8 Å². The summed E-state index contributed by atoms with van der Waals surface area (Å²) in [4.78, 5) is 3.94. The van der Waals surface area contributed by atoms with Crippen molar-refractivity contribution in [3.8, 4) is 0 Å². The Morgan fingerprint density at radius 1 is 1.55 bits per heavy atom. The topological polar surface area (TPSA) is 17.8 Å². The number of aromatic nitrogens is 2. The van der Waals surface area contributed by atoms with Gasteiger partial charge >= 0.3 is 52.0 Å². The van der Waals surface area contributed by atoms with Crippen LogP contribution in [0.2, 0.25) is 0 Å². The van der Waals surface area contributed by atoms with Crippen LogP contribution < -0.4 is 0 Å². The fraction of sp³-hybridized carbons (Fsp3) is 0.571. The van der Waals surface area contributed by atoms with Crippen molar-refractivity contribution in [2.45, 2.75) is 26.3 Å². The van der Waals surface area contributed by atoms with Gasteiger partial charge in [0.2, 0.25) is 0 Å². The van der Waals surface area contributed by atoms with Gasteiger partial charge in [0.05, 0.1) is 6.33 Å². The van der Waals surface area contributed by atoms with Crippen molar-refractivity contribution >= 4 is 52.0 Å². The number of imidazole rings is 1. The molecule has 4 heteroatoms. The predicted molar refractivity (Wildman–Crippen MR) is 51.8 cm³/mol. The second kappa shape index (κ2) is 9.41. The SMILES string of the molecule is CCCCn1ccnc1.[K][Br]. The Morgan fingerprint density at radius 2 is 2.27 bits per heavy atom. The van der Waals surface area contributed by atoms with Crippen LogP contribution in [-0.2, 0) is 6.54 Å². The maximum atomic E-state index is 3.94. The summed E-state index contributed by atoms with van der Waals surface area (Å²) >= 11 is 0.875. The molecule has 0 aliphatic rings. The van der Waals surface area contributed by atoms with Crippen LogP contribution in [-0.4, -0.2) is 55.0 Å². The average Bonchev–Trinajstić information content (AvgIpc) is 2.57. The first-order chi connectivity index (χ1) is 5.43. The Morgan fingerprint density at radius 3 is 2.73 bits per heavy atom. The fourth-order valence-corrected chi connectivity index (χ4v) is 0.760. The molecular formula is C7H12BrKN2. The molecule has 2 nitrogen and oxygen atoms in total. The predicted octanol–water partition coefficient (Wildman–Crippen LogP) is 2.15. The minimum absolute atomic E-state index is 0.875. The molecule has 0 N–H and O–H groups in total. The maximum absolute atomic E-state index is 3.94. The van der Waals surface area contributed by atoms with Crippen LogP contribution in [0.1, 0.15) is 19.8 Å². The van der Waals surface area contributed by atoms with Gasteiger partial charge in [-0.05, 0) is 6.42 Å². The van der Waals surface area contributed by atoms with E-state index in [2.05, 4.69) is 23.1 Å². The zero-order valence-electron chi connectivity index (χ0n) is 7.13. The van der Waals surface area contributed by atoms with Crippen LogP contribution in [0, 0.1) is 0 Å². The van der Waals surface area contributed by atoms with Gasteiger partial charge in [-0.25, -0.2) is 4.98 Å². The Balaban J connectivity index is 0.000000461. The molecule has 0 unspecified atom stereocenters. The number of halogens is 1. The standard InChI is InChI=1S/C7H12N2.BrH.K/c1-2-3-5-9-6-4-8-7-9;;/h4,6-7H,2-3,5H2,1H3;1H;/q;;+1/p-1. The van der Waals surface area contributed by atoms with Gasteiger partial charge in [0, 0.05) is 18.9 Å². The van der Waals surface area contributed by atoms with E-state index in [0.717, 1.165) is 52.0 Å². The zero-order valence-corrected chi connectivity index (χ0v) is 11.8. The van der Waals surface area contributed by atoms with Crippen molar-refractivity contribution in [1.82, 2.24) is 9.55 Å². The molecule has 0 fully saturated rings. The molecule has 0 saturated heterocycles. The first-order valence-electron chi connectivity index (χ1n) is 3.77. The quantitative estimate of drug-likeness (QED) is 0.744. The summed E-state index contributed by atoms with van der Waals surface area (Å²) in [5.41, 5.74) is 0. The Kier molecular flexibility index (Phi) is 10.5. The van der Waals surface area contributed by atoms with E-state index >= 15 is 0 Å². The van der Waals surface area contributed by atoms with Gasteiger partial charge in [-0.15, -0.1) is 0 Å². The number of rotatable bonds is 3. The van der Waals surface area contributed by atoms with Crippen LogP contribution in [0.5, 0.6) is 0 Å². The van der Waals surface area contributed by atoms with Crippen LogP contribution in [0.4, 0.5) is 0 Å². The van der Waals surface area contributed by atoms with E-state index in [0.29, 0.717) is 0 Å². The number of hydrogen-bond donors (Lipinski definition) is 0. The van der Waals surface area contributed by atoms with Crippen LogP contribution in [0.25, 0.3) is 0 Å². The summed E-state index contributed by atoms with van der Waals surface area (Å²) < 4.78 is 2.10. The third kappa shape index (κ3) is 6.48. The number of unbranched alkanes of at least 4 members (excludes halogenated alkanes) is 1. The molecule has 0 atom stereocenters. The van der Waals surface area contributed by atoms with Crippen LogP contribution in [0.3, 0.4) is 0 Å². The normalized spacial score (nSPS) is 8.73. The molecule has 0 aliphatic heterocycles. The molecule has 0 aliphatic carbocycles. The third-order valence-corrected chi connectivity index (χ3v) is 1.33. The first kappa shape index (κ1) is 12.3. The van der Waals surface area contributed by atoms with Gasteiger partial charge in [-0.1, -0.05) is 13.3 Å². The van der Waals surface area contributed by atoms with Crippen LogP contribution in [0.15, 0.2) is 18.7 Å². The minimum atomic E-state index is 0.875. The molecule has 0 amide bonds. The Bertz CT molecular complexity index is 153. The number of nitrogens with zero attached hydrogens (tertiary/aromatic N) is 2. The zero-order chi connectivity index (χ0) is 8.53. The molecule has 1 rings (SSSR count). The summed E-state index contributed by atoms with van der Waals surface area (Å²) in [6, 6.07) is 0. The van der Waals surface area contributed by atoms with Gasteiger partial charge in [0.25, 0.3) is 0 Å². The molecule has 58 valence electrons. The van der Waals surface area contributed by atoms with E-state index in [1.807, 2.05) is 18.7 Å². The molecule has 0 bridgehead atoms. The first-order valence-corrected chi connectivity index (χ1v) is 11.5. The molecular weight excluding hydrogens is 231 g/mol. The van der Waals surface area contributed by atoms with E-state index in [-0.39, 0.29) is 0 Å². The molecule has 1 aromatic rings. The molecule has 0 spiro atoms. The number of aryl methyl sites for hydroxylation is 1. The van der Waals surface area contributed by atoms with Crippen molar-refractivity contribution in [2.24, 2.45) is 0 Å². The Labute approximate surface area is 105 Å². The van der Waals surface area contributed by atoms with Crippen molar-refractivity contribution in [3.63, 3.8) is 0 Å². The van der Waals surface area contributed by atoms with Crippen molar-refractivity contribution in [1.29, 1.82) is 0 Å². The molecule has 11 heavy (non-hydrogen) atoms. The average molecular weight is 243 g/mol. The molecule has 0 radical (unpaired) electrons. The third-order valence-electron chi connectivity index (χ3n) is 1.33. The Hall–Kier alpha value is 1.33. The summed E-state index contributed by atoms with van der Waals surface area (Å²) in [6.45, 7) is 6.42. The van der Waals surface area contributed by atoms with Crippen molar-refractivity contribution in [2.75, 3.05) is 0 Å².